The maximum absolute atomic E-state index is 4.51. The van der Waals surface area contributed by atoms with E-state index < -0.39 is 0 Å². The third-order valence-corrected chi connectivity index (χ3v) is 3.79. The van der Waals surface area contributed by atoms with Gasteiger partial charge in [-0.05, 0) is 17.7 Å². The molecule has 1 heterocycles. The van der Waals surface area contributed by atoms with Crippen LogP contribution in [0.1, 0.15) is 32.0 Å². The summed E-state index contributed by atoms with van der Waals surface area (Å²) in [4.78, 5) is 4.51. The average Bonchev–Trinajstić information content (AvgIpc) is 2.80. The summed E-state index contributed by atoms with van der Waals surface area (Å²) < 4.78 is 1.06. The summed E-state index contributed by atoms with van der Waals surface area (Å²) in [5.74, 6) is 0. The Bertz CT molecular complexity index is 567. The highest BCUT2D eigenvalue weighted by Gasteiger charge is 2.17. The number of rotatable bonds is 3. The highest BCUT2D eigenvalue weighted by Crippen LogP contribution is 2.26. The van der Waals surface area contributed by atoms with Gasteiger partial charge in [-0.1, -0.05) is 48.8 Å². The maximum Gasteiger partial charge on any atom is 0.203 e. The van der Waals surface area contributed by atoms with Crippen molar-refractivity contribution in [1.82, 2.24) is 4.98 Å². The lowest BCUT2D eigenvalue weighted by Crippen LogP contribution is -2.11. The van der Waals surface area contributed by atoms with E-state index >= 15 is 0 Å². The van der Waals surface area contributed by atoms with Gasteiger partial charge >= 0.3 is 0 Å². The third kappa shape index (κ3) is 4.14. The average molecular weight is 338 g/mol. The molecule has 1 N–H and O–H groups in total. The van der Waals surface area contributed by atoms with E-state index in [1.807, 2.05) is 24.3 Å². The number of aromatic nitrogens is 1. The molecule has 0 spiro atoms. The molecule has 0 saturated heterocycles. The normalized spacial score (nSPS) is 12.0. The molecule has 0 unspecified atom stereocenters. The summed E-state index contributed by atoms with van der Waals surface area (Å²) in [6.45, 7) is 6.45. The van der Waals surface area contributed by atoms with E-state index in [1.54, 1.807) is 17.6 Å². The number of hydrazone groups is 1. The van der Waals surface area contributed by atoms with Crippen LogP contribution in [0.4, 0.5) is 5.13 Å². The second-order valence-electron chi connectivity index (χ2n) is 5.21. The molecule has 0 fully saturated rings. The van der Waals surface area contributed by atoms with Gasteiger partial charge in [0, 0.05) is 15.3 Å². The first-order valence-electron chi connectivity index (χ1n) is 5.96. The molecule has 1 aromatic heterocycles. The predicted octanol–water partition coefficient (Wildman–Crippen LogP) is 4.65. The van der Waals surface area contributed by atoms with Crippen molar-refractivity contribution in [3.63, 3.8) is 0 Å². The number of nitrogens with zero attached hydrogens (tertiary/aromatic N) is 2. The molecule has 2 aromatic rings. The van der Waals surface area contributed by atoms with Crippen molar-refractivity contribution in [1.29, 1.82) is 0 Å². The first-order valence-corrected chi connectivity index (χ1v) is 7.63. The molecule has 0 atom stereocenters. The highest BCUT2D eigenvalue weighted by molar-refractivity contribution is 9.10. The van der Waals surface area contributed by atoms with Crippen molar-refractivity contribution in [3.05, 3.63) is 45.4 Å². The summed E-state index contributed by atoms with van der Waals surface area (Å²) in [7, 11) is 0. The Morgan fingerprint density at radius 3 is 2.53 bits per heavy atom. The second-order valence-corrected chi connectivity index (χ2v) is 6.98. The number of thiazole rings is 1. The molecule has 19 heavy (non-hydrogen) atoms. The minimum atomic E-state index is 0.0752. The minimum absolute atomic E-state index is 0.0752. The Morgan fingerprint density at radius 1 is 1.26 bits per heavy atom. The fourth-order valence-corrected chi connectivity index (χ4v) is 2.53. The molecule has 3 nitrogen and oxygen atoms in total. The van der Waals surface area contributed by atoms with E-state index in [0.717, 1.165) is 20.9 Å². The predicted molar refractivity (Wildman–Crippen MR) is 86.2 cm³/mol. The van der Waals surface area contributed by atoms with Crippen molar-refractivity contribution in [2.75, 3.05) is 5.43 Å². The fraction of sp³-hybridized carbons (Fsp3) is 0.286. The van der Waals surface area contributed by atoms with Crippen molar-refractivity contribution in [2.45, 2.75) is 26.2 Å². The molecule has 0 radical (unpaired) electrons. The molecule has 5 heteroatoms. The van der Waals surface area contributed by atoms with Crippen LogP contribution in [0.2, 0.25) is 0 Å². The molecular weight excluding hydrogens is 322 g/mol. The van der Waals surface area contributed by atoms with Crippen LogP contribution in [0, 0.1) is 0 Å². The van der Waals surface area contributed by atoms with Crippen LogP contribution < -0.4 is 5.43 Å². The van der Waals surface area contributed by atoms with Gasteiger partial charge in [-0.3, -0.25) is 5.43 Å². The molecule has 0 aliphatic heterocycles. The van der Waals surface area contributed by atoms with Crippen LogP contribution in [0.25, 0.3) is 0 Å². The van der Waals surface area contributed by atoms with Crippen LogP contribution in [0.3, 0.4) is 0 Å². The molecule has 0 aliphatic carbocycles. The van der Waals surface area contributed by atoms with Crippen LogP contribution in [0.5, 0.6) is 0 Å². The van der Waals surface area contributed by atoms with Gasteiger partial charge in [0.1, 0.15) is 0 Å². The zero-order valence-corrected chi connectivity index (χ0v) is 13.5. The van der Waals surface area contributed by atoms with E-state index in [-0.39, 0.29) is 5.41 Å². The lowest BCUT2D eigenvalue weighted by atomic mass is 9.93. The van der Waals surface area contributed by atoms with Crippen LogP contribution in [-0.2, 0) is 5.41 Å². The standard InChI is InChI=1S/C14H16BrN3S/c1-14(2,3)12-9-19-13(17-12)18-16-8-10-4-6-11(15)7-5-10/h4-9H,1-3H3,(H,17,18)/b16-8-. The van der Waals surface area contributed by atoms with Gasteiger partial charge < -0.3 is 0 Å². The number of anilines is 1. The quantitative estimate of drug-likeness (QED) is 0.653. The molecule has 1 aromatic carbocycles. The first-order chi connectivity index (χ1) is 8.95. The van der Waals surface area contributed by atoms with Crippen LogP contribution in [0.15, 0.2) is 39.2 Å². The van der Waals surface area contributed by atoms with E-state index in [4.69, 9.17) is 0 Å². The van der Waals surface area contributed by atoms with E-state index in [0.29, 0.717) is 0 Å². The molecule has 2 rings (SSSR count). The second kappa shape index (κ2) is 5.84. The Balaban J connectivity index is 1.99. The Labute approximate surface area is 125 Å². The van der Waals surface area contributed by atoms with Gasteiger partial charge in [-0.25, -0.2) is 4.98 Å². The number of benzene rings is 1. The van der Waals surface area contributed by atoms with Crippen LogP contribution in [-0.4, -0.2) is 11.2 Å². The monoisotopic (exact) mass is 337 g/mol. The Hall–Kier alpha value is -1.20. The maximum atomic E-state index is 4.51. The van der Waals surface area contributed by atoms with Crippen molar-refractivity contribution in [2.24, 2.45) is 5.10 Å². The summed E-state index contributed by atoms with van der Waals surface area (Å²) in [6.07, 6.45) is 1.78. The Morgan fingerprint density at radius 2 is 1.95 bits per heavy atom. The lowest BCUT2D eigenvalue weighted by Gasteiger charge is -2.13. The summed E-state index contributed by atoms with van der Waals surface area (Å²) in [5.41, 5.74) is 5.17. The van der Waals surface area contributed by atoms with Gasteiger partial charge in [0.05, 0.1) is 11.9 Å². The number of nitrogens with one attached hydrogen (secondary N) is 1. The smallest absolute Gasteiger partial charge is 0.203 e. The summed E-state index contributed by atoms with van der Waals surface area (Å²) in [6, 6.07) is 7.97. The van der Waals surface area contributed by atoms with Gasteiger partial charge in [0.25, 0.3) is 0 Å². The SMILES string of the molecule is CC(C)(C)c1csc(N/N=C\c2ccc(Br)cc2)n1. The largest absolute Gasteiger partial charge is 0.253 e. The van der Waals surface area contributed by atoms with E-state index in [1.165, 1.54) is 0 Å². The van der Waals surface area contributed by atoms with Crippen molar-refractivity contribution < 1.29 is 0 Å². The van der Waals surface area contributed by atoms with E-state index in [2.05, 4.69) is 57.6 Å². The van der Waals surface area contributed by atoms with Gasteiger partial charge in [-0.2, -0.15) is 5.10 Å². The zero-order valence-electron chi connectivity index (χ0n) is 11.1. The minimum Gasteiger partial charge on any atom is -0.253 e. The third-order valence-electron chi connectivity index (χ3n) is 2.52. The summed E-state index contributed by atoms with van der Waals surface area (Å²) >= 11 is 4.97. The number of halogens is 1. The van der Waals surface area contributed by atoms with Gasteiger partial charge in [0.2, 0.25) is 5.13 Å². The molecular formula is C14H16BrN3S. The Kier molecular flexibility index (Phi) is 4.37. The zero-order chi connectivity index (χ0) is 13.9. The van der Waals surface area contributed by atoms with E-state index in [9.17, 15) is 0 Å². The van der Waals surface area contributed by atoms with Gasteiger partial charge in [-0.15, -0.1) is 11.3 Å². The molecule has 0 aliphatic rings. The molecule has 0 saturated carbocycles. The molecule has 0 amide bonds. The van der Waals surface area contributed by atoms with Crippen molar-refractivity contribution >= 4 is 38.6 Å². The van der Waals surface area contributed by atoms with Crippen LogP contribution >= 0.6 is 27.3 Å². The number of hydrogen-bond acceptors (Lipinski definition) is 4. The molecule has 0 bridgehead atoms. The summed E-state index contributed by atoms with van der Waals surface area (Å²) in [5, 5.41) is 7.08. The van der Waals surface area contributed by atoms with Gasteiger partial charge in [0.15, 0.2) is 0 Å². The lowest BCUT2D eigenvalue weighted by molar-refractivity contribution is 0.573. The first kappa shape index (κ1) is 14.2. The topological polar surface area (TPSA) is 37.3 Å². The van der Waals surface area contributed by atoms with Crippen molar-refractivity contribution in [3.8, 4) is 0 Å². The molecule has 100 valence electrons. The highest BCUT2D eigenvalue weighted by atomic mass is 79.9. The fourth-order valence-electron chi connectivity index (χ4n) is 1.38. The number of hydrogen-bond donors (Lipinski definition) is 1.